The minimum Gasteiger partial charge on any atom is -0.389 e. The highest BCUT2D eigenvalue weighted by atomic mass is 16.6. The summed E-state index contributed by atoms with van der Waals surface area (Å²) in [5.74, 6) is 5.01. The Balaban J connectivity index is 0.000000134. The van der Waals surface area contributed by atoms with E-state index in [9.17, 15) is 9.90 Å². The summed E-state index contributed by atoms with van der Waals surface area (Å²) in [6.45, 7) is 10.7. The third-order valence-corrected chi connectivity index (χ3v) is 17.8. The molecule has 1 spiro atoms. The first-order valence-corrected chi connectivity index (χ1v) is 20.7. The number of hydrogen-bond acceptors (Lipinski definition) is 6. The summed E-state index contributed by atoms with van der Waals surface area (Å²) in [5, 5.41) is 19.8. The second-order valence-corrected chi connectivity index (χ2v) is 19.3. The lowest BCUT2D eigenvalue weighted by atomic mass is 9.44. The lowest BCUT2D eigenvalue weighted by molar-refractivity contribution is -0.151. The average molecular weight is 671 g/mol. The molecule has 2 heterocycles. The molecule has 6 nitrogen and oxygen atoms in total. The summed E-state index contributed by atoms with van der Waals surface area (Å²) in [6.07, 6.45) is 25.4. The van der Waals surface area contributed by atoms with E-state index >= 15 is 0 Å². The molecular weight excluding hydrogens is 608 g/mol. The molecule has 9 aliphatic rings. The first-order valence-electron chi connectivity index (χ1n) is 20.7. The Morgan fingerprint density at radius 2 is 1.65 bits per heavy atom. The quantitative estimate of drug-likeness (QED) is 0.338. The van der Waals surface area contributed by atoms with Crippen LogP contribution in [0.2, 0.25) is 0 Å². The standard InChI is InChI=1S/C22H32N2O2.C21H30O2/c1-20-13-19-18(23-26-24-19)12-14(20)4-5-15-16(20)6-9-21(2)17(15)7-10-22(21)8-3-11-25-22;1-3-10-21(23)12-9-19-18-6-4-14-13-15(22)5-7-16(14)17(18)8-11-20(19,21)2/h14-17H,3-13H2,1-2H3;13,18-19,23H,3-12H2,1-2H3/t14-,15+,16-,17-,20-,21-,22-;18-,19+,20+,21+/m01/s1. The van der Waals surface area contributed by atoms with Crippen LogP contribution in [0.3, 0.4) is 0 Å². The van der Waals surface area contributed by atoms with Crippen LogP contribution < -0.4 is 0 Å². The van der Waals surface area contributed by atoms with E-state index in [-0.39, 0.29) is 11.0 Å². The molecule has 8 aliphatic carbocycles. The van der Waals surface area contributed by atoms with E-state index in [0.29, 0.717) is 34.9 Å². The SMILES string of the molecule is CCC[C@]1(O)CC[C@H]2[C@@H]3CCC4=CC(=O)CCC4=C3CC[C@@]21C.C[C@]12Cc3nonc3C[C@@H]1CC[C@@H]1[C@@H]2CC[C@@]2(C)[C@H]1CC[C@@]21CCCO1. The molecule has 1 aliphatic heterocycles. The van der Waals surface area contributed by atoms with Gasteiger partial charge < -0.3 is 9.84 Å². The molecule has 1 N–H and O–H groups in total. The number of fused-ring (bicyclic) bond motifs is 11. The first-order chi connectivity index (χ1) is 23.5. The average Bonchev–Trinajstić information content (AvgIpc) is 3.87. The fraction of sp³-hybridized carbons (Fsp3) is 0.837. The first kappa shape index (κ1) is 33.1. The van der Waals surface area contributed by atoms with Gasteiger partial charge in [0.15, 0.2) is 5.78 Å². The van der Waals surface area contributed by atoms with Crippen molar-refractivity contribution in [3.63, 3.8) is 0 Å². The number of carbonyl (C=O) groups excluding carboxylic acids is 1. The maximum absolute atomic E-state index is 11.7. The third kappa shape index (κ3) is 4.66. The smallest absolute Gasteiger partial charge is 0.156 e. The zero-order valence-corrected chi connectivity index (χ0v) is 31.0. The van der Waals surface area contributed by atoms with Gasteiger partial charge >= 0.3 is 0 Å². The highest BCUT2D eigenvalue weighted by molar-refractivity contribution is 5.93. The van der Waals surface area contributed by atoms with Crippen molar-refractivity contribution < 1.29 is 19.3 Å². The number of allylic oxidation sites excluding steroid dienone is 4. The van der Waals surface area contributed by atoms with Crippen LogP contribution in [0.5, 0.6) is 0 Å². The summed E-state index contributed by atoms with van der Waals surface area (Å²) < 4.78 is 11.6. The van der Waals surface area contributed by atoms with E-state index in [0.717, 1.165) is 99.5 Å². The Labute approximate surface area is 294 Å². The topological polar surface area (TPSA) is 85.5 Å². The van der Waals surface area contributed by atoms with Crippen LogP contribution >= 0.6 is 0 Å². The second-order valence-electron chi connectivity index (χ2n) is 19.3. The van der Waals surface area contributed by atoms with Gasteiger partial charge in [0.2, 0.25) is 0 Å². The van der Waals surface area contributed by atoms with Crippen LogP contribution in [0.4, 0.5) is 0 Å². The number of ether oxygens (including phenoxy) is 1. The van der Waals surface area contributed by atoms with Crippen molar-refractivity contribution in [2.24, 2.45) is 51.8 Å². The minimum atomic E-state index is -0.443. The van der Waals surface area contributed by atoms with Crippen LogP contribution in [0, 0.1) is 51.8 Å². The molecule has 0 unspecified atom stereocenters. The van der Waals surface area contributed by atoms with Gasteiger partial charge in [-0.15, -0.1) is 0 Å². The highest BCUT2D eigenvalue weighted by Gasteiger charge is 2.66. The largest absolute Gasteiger partial charge is 0.389 e. The molecule has 1 aromatic heterocycles. The number of nitrogens with zero attached hydrogens (tertiary/aromatic N) is 2. The molecule has 6 heteroatoms. The monoisotopic (exact) mass is 670 g/mol. The Hall–Kier alpha value is -1.79. The summed E-state index contributed by atoms with van der Waals surface area (Å²) >= 11 is 0. The van der Waals surface area contributed by atoms with Crippen molar-refractivity contribution in [2.75, 3.05) is 6.61 Å². The van der Waals surface area contributed by atoms with Crippen molar-refractivity contribution in [1.29, 1.82) is 0 Å². The van der Waals surface area contributed by atoms with E-state index in [2.05, 4.69) is 38.0 Å². The van der Waals surface area contributed by atoms with E-state index < -0.39 is 5.60 Å². The Morgan fingerprint density at radius 3 is 2.47 bits per heavy atom. The highest BCUT2D eigenvalue weighted by Crippen LogP contribution is 2.70. The molecule has 49 heavy (non-hydrogen) atoms. The molecule has 0 amide bonds. The van der Waals surface area contributed by atoms with Gasteiger partial charge in [0, 0.05) is 19.4 Å². The van der Waals surface area contributed by atoms with Gasteiger partial charge in [-0.2, -0.15) is 0 Å². The van der Waals surface area contributed by atoms with E-state index in [1.807, 2.05) is 6.08 Å². The molecular formula is C43H62N2O4. The molecule has 268 valence electrons. The lowest BCUT2D eigenvalue weighted by Crippen LogP contribution is -2.57. The Kier molecular flexibility index (Phi) is 7.83. The molecule has 0 aromatic carbocycles. The Morgan fingerprint density at radius 1 is 0.837 bits per heavy atom. The molecule has 11 atom stereocenters. The summed E-state index contributed by atoms with van der Waals surface area (Å²) in [6, 6.07) is 0. The zero-order chi connectivity index (χ0) is 33.8. The molecule has 5 saturated carbocycles. The van der Waals surface area contributed by atoms with Gasteiger partial charge in [0.05, 0.1) is 11.2 Å². The second kappa shape index (κ2) is 11.6. The molecule has 1 saturated heterocycles. The van der Waals surface area contributed by atoms with Crippen LogP contribution in [0.25, 0.3) is 0 Å². The fourth-order valence-electron chi connectivity index (χ4n) is 15.2. The molecule has 0 radical (unpaired) electrons. The van der Waals surface area contributed by atoms with Gasteiger partial charge in [0.1, 0.15) is 11.4 Å². The summed E-state index contributed by atoms with van der Waals surface area (Å²) in [7, 11) is 0. The van der Waals surface area contributed by atoms with Gasteiger partial charge in [-0.25, -0.2) is 4.63 Å². The van der Waals surface area contributed by atoms with E-state index in [1.165, 1.54) is 75.4 Å². The maximum Gasteiger partial charge on any atom is 0.156 e. The predicted molar refractivity (Wildman–Crippen MR) is 189 cm³/mol. The fourth-order valence-corrected chi connectivity index (χ4v) is 15.2. The third-order valence-electron chi connectivity index (χ3n) is 17.8. The van der Waals surface area contributed by atoms with E-state index in [4.69, 9.17) is 9.37 Å². The Bertz CT molecular complexity index is 1550. The predicted octanol–water partition coefficient (Wildman–Crippen LogP) is 9.30. The van der Waals surface area contributed by atoms with Gasteiger partial charge in [-0.05, 0) is 178 Å². The molecule has 0 bridgehead atoms. The molecule has 6 fully saturated rings. The van der Waals surface area contributed by atoms with Gasteiger partial charge in [-0.3, -0.25) is 4.79 Å². The van der Waals surface area contributed by atoms with Gasteiger partial charge in [-0.1, -0.05) is 50.0 Å². The van der Waals surface area contributed by atoms with Crippen LogP contribution in [-0.2, 0) is 22.4 Å². The zero-order valence-electron chi connectivity index (χ0n) is 31.0. The van der Waals surface area contributed by atoms with Crippen molar-refractivity contribution in [3.05, 3.63) is 34.2 Å². The van der Waals surface area contributed by atoms with Crippen molar-refractivity contribution in [3.8, 4) is 0 Å². The number of carbonyl (C=O) groups is 1. The number of hydrogen-bond donors (Lipinski definition) is 1. The number of rotatable bonds is 2. The van der Waals surface area contributed by atoms with E-state index in [1.54, 1.807) is 5.57 Å². The van der Waals surface area contributed by atoms with Crippen molar-refractivity contribution in [2.45, 2.75) is 167 Å². The molecule has 1 aromatic rings. The van der Waals surface area contributed by atoms with Crippen molar-refractivity contribution >= 4 is 5.78 Å². The van der Waals surface area contributed by atoms with Gasteiger partial charge in [0.25, 0.3) is 0 Å². The van der Waals surface area contributed by atoms with Crippen LogP contribution in [0.15, 0.2) is 27.4 Å². The minimum absolute atomic E-state index is 0.101. The maximum atomic E-state index is 11.7. The molecule has 10 rings (SSSR count). The summed E-state index contributed by atoms with van der Waals surface area (Å²) in [4.78, 5) is 11.7. The number of aromatic nitrogens is 2. The number of aliphatic hydroxyl groups is 1. The van der Waals surface area contributed by atoms with Crippen LogP contribution in [0.1, 0.15) is 155 Å². The van der Waals surface area contributed by atoms with Crippen molar-refractivity contribution in [1.82, 2.24) is 10.3 Å². The lowest BCUT2D eigenvalue weighted by Gasteiger charge is -2.60. The summed E-state index contributed by atoms with van der Waals surface area (Å²) in [5.41, 5.74) is 7.53. The van der Waals surface area contributed by atoms with Crippen LogP contribution in [-0.4, -0.2) is 39.0 Å². The number of ketones is 1. The normalized spacial score (nSPS) is 47.9.